The largest absolute Gasteiger partial charge is 0.458 e. The standard InChI is InChI=1S/C48H31BO2/c1-6-16-32(17-7-1)37-26-28-39-41(30-37)50-47-44(35-22-12-4-13-23-35)43(34-20-10-3-11-21-34)45(36-24-14-5-15-25-36)48-46(47)49(39)40-29-27-38(31-42(40)51-48)33-18-8-2-9-19-33/h1-31H. The van der Waals surface area contributed by atoms with Gasteiger partial charge in [-0.3, -0.25) is 0 Å². The number of rotatable bonds is 5. The second-order valence-electron chi connectivity index (χ2n) is 13.2. The first-order valence-electron chi connectivity index (χ1n) is 17.5. The Labute approximate surface area is 298 Å². The van der Waals surface area contributed by atoms with Crippen molar-refractivity contribution in [2.45, 2.75) is 0 Å². The summed E-state index contributed by atoms with van der Waals surface area (Å²) >= 11 is 0. The van der Waals surface area contributed by atoms with Crippen LogP contribution in [0.4, 0.5) is 0 Å². The molecule has 0 fully saturated rings. The number of ether oxygens (including phenoxy) is 2. The first-order chi connectivity index (χ1) is 25.3. The minimum absolute atomic E-state index is 0.105. The molecule has 0 atom stereocenters. The molecule has 0 N–H and O–H groups in total. The van der Waals surface area contributed by atoms with Gasteiger partial charge in [-0.1, -0.05) is 176 Å². The summed E-state index contributed by atoms with van der Waals surface area (Å²) in [5.41, 5.74) is 14.4. The third-order valence-electron chi connectivity index (χ3n) is 10.2. The Balaban J connectivity index is 1.33. The Morgan fingerprint density at radius 1 is 0.294 bits per heavy atom. The molecule has 0 aromatic heterocycles. The highest BCUT2D eigenvalue weighted by molar-refractivity contribution is 6.98. The molecule has 238 valence electrons. The van der Waals surface area contributed by atoms with E-state index in [1.54, 1.807) is 0 Å². The normalized spacial score (nSPS) is 12.2. The zero-order chi connectivity index (χ0) is 33.7. The molecule has 2 aliphatic heterocycles. The summed E-state index contributed by atoms with van der Waals surface area (Å²) in [6.07, 6.45) is 0. The second-order valence-corrected chi connectivity index (χ2v) is 13.2. The van der Waals surface area contributed by atoms with Crippen molar-refractivity contribution in [3.8, 4) is 78.6 Å². The van der Waals surface area contributed by atoms with Crippen LogP contribution in [-0.2, 0) is 0 Å². The van der Waals surface area contributed by atoms with Crippen LogP contribution in [0.1, 0.15) is 0 Å². The van der Waals surface area contributed by atoms with E-state index in [1.807, 2.05) is 0 Å². The topological polar surface area (TPSA) is 18.5 Å². The SMILES string of the molecule is c1ccc(-c2ccc3c(c2)Oc2c4c(c(-c5ccccc5)c(-c5ccccc5)c2-c2ccccc2)Oc2cc(-c5ccccc5)ccc2B34)cc1. The average Bonchev–Trinajstić information content (AvgIpc) is 3.21. The summed E-state index contributed by atoms with van der Waals surface area (Å²) in [5, 5.41) is 0. The molecule has 10 rings (SSSR count). The van der Waals surface area contributed by atoms with Gasteiger partial charge in [-0.2, -0.15) is 0 Å². The lowest BCUT2D eigenvalue weighted by Gasteiger charge is -2.37. The van der Waals surface area contributed by atoms with Gasteiger partial charge in [-0.15, -0.1) is 0 Å². The molecule has 2 nitrogen and oxygen atoms in total. The van der Waals surface area contributed by atoms with Crippen LogP contribution < -0.4 is 25.9 Å². The Morgan fingerprint density at radius 2 is 0.627 bits per heavy atom. The zero-order valence-corrected chi connectivity index (χ0v) is 27.8. The molecule has 2 aliphatic rings. The van der Waals surface area contributed by atoms with E-state index in [9.17, 15) is 0 Å². The lowest BCUT2D eigenvalue weighted by atomic mass is 9.34. The fraction of sp³-hybridized carbons (Fsp3) is 0. The van der Waals surface area contributed by atoms with Crippen molar-refractivity contribution in [1.82, 2.24) is 0 Å². The van der Waals surface area contributed by atoms with Gasteiger partial charge in [0, 0.05) is 22.2 Å². The Morgan fingerprint density at radius 3 is 1.00 bits per heavy atom. The van der Waals surface area contributed by atoms with E-state index in [0.717, 1.165) is 95.0 Å². The van der Waals surface area contributed by atoms with Crippen molar-refractivity contribution < 1.29 is 9.47 Å². The smallest absolute Gasteiger partial charge is 0.260 e. The highest BCUT2D eigenvalue weighted by atomic mass is 16.5. The summed E-state index contributed by atoms with van der Waals surface area (Å²) in [7, 11) is 0. The van der Waals surface area contributed by atoms with E-state index in [2.05, 4.69) is 188 Å². The van der Waals surface area contributed by atoms with Gasteiger partial charge in [-0.05, 0) is 62.0 Å². The maximum absolute atomic E-state index is 7.25. The molecule has 0 saturated heterocycles. The van der Waals surface area contributed by atoms with Crippen LogP contribution in [0.3, 0.4) is 0 Å². The Kier molecular flexibility index (Phi) is 6.95. The third-order valence-corrected chi connectivity index (χ3v) is 10.2. The molecule has 2 heterocycles. The van der Waals surface area contributed by atoms with Crippen LogP contribution >= 0.6 is 0 Å². The molecule has 51 heavy (non-hydrogen) atoms. The van der Waals surface area contributed by atoms with E-state index in [0.29, 0.717) is 0 Å². The van der Waals surface area contributed by atoms with E-state index < -0.39 is 0 Å². The number of hydrogen-bond acceptors (Lipinski definition) is 2. The van der Waals surface area contributed by atoms with Gasteiger partial charge in [0.15, 0.2) is 0 Å². The monoisotopic (exact) mass is 650 g/mol. The fourth-order valence-electron chi connectivity index (χ4n) is 7.89. The summed E-state index contributed by atoms with van der Waals surface area (Å²) in [6.45, 7) is -0.105. The summed E-state index contributed by atoms with van der Waals surface area (Å²) < 4.78 is 14.5. The van der Waals surface area contributed by atoms with Crippen molar-refractivity contribution in [3.05, 3.63) is 188 Å². The van der Waals surface area contributed by atoms with Gasteiger partial charge in [0.1, 0.15) is 23.0 Å². The highest BCUT2D eigenvalue weighted by Crippen LogP contribution is 2.53. The molecular weight excluding hydrogens is 619 g/mol. The maximum Gasteiger partial charge on any atom is 0.260 e. The number of benzene rings is 8. The van der Waals surface area contributed by atoms with Crippen molar-refractivity contribution in [1.29, 1.82) is 0 Å². The molecule has 8 aromatic carbocycles. The van der Waals surface area contributed by atoms with Crippen LogP contribution in [0, 0.1) is 0 Å². The third kappa shape index (κ3) is 4.89. The fourth-order valence-corrected chi connectivity index (χ4v) is 7.89. The van der Waals surface area contributed by atoms with Gasteiger partial charge in [0.05, 0.1) is 0 Å². The lowest BCUT2D eigenvalue weighted by molar-refractivity contribution is 0.467. The summed E-state index contributed by atoms with van der Waals surface area (Å²) in [4.78, 5) is 0. The number of hydrogen-bond donors (Lipinski definition) is 0. The van der Waals surface area contributed by atoms with E-state index >= 15 is 0 Å². The molecule has 0 amide bonds. The van der Waals surface area contributed by atoms with Gasteiger partial charge in [0.2, 0.25) is 0 Å². The van der Waals surface area contributed by atoms with Gasteiger partial charge < -0.3 is 9.47 Å². The van der Waals surface area contributed by atoms with Crippen molar-refractivity contribution >= 4 is 23.1 Å². The molecule has 0 spiro atoms. The summed E-state index contributed by atoms with van der Waals surface area (Å²) in [5.74, 6) is 3.41. The molecule has 0 saturated carbocycles. The van der Waals surface area contributed by atoms with E-state index in [-0.39, 0.29) is 6.71 Å². The highest BCUT2D eigenvalue weighted by Gasteiger charge is 2.44. The second kappa shape index (κ2) is 12.1. The van der Waals surface area contributed by atoms with Gasteiger partial charge in [-0.25, -0.2) is 0 Å². The minimum Gasteiger partial charge on any atom is -0.458 e. The summed E-state index contributed by atoms with van der Waals surface area (Å²) in [6, 6.07) is 66.5. The molecule has 0 radical (unpaired) electrons. The van der Waals surface area contributed by atoms with Crippen molar-refractivity contribution in [3.63, 3.8) is 0 Å². The average molecular weight is 651 g/mol. The molecule has 0 aliphatic carbocycles. The predicted octanol–water partition coefficient (Wildman–Crippen LogP) is 10.7. The predicted molar refractivity (Wildman–Crippen MR) is 211 cm³/mol. The lowest BCUT2D eigenvalue weighted by Crippen LogP contribution is -2.57. The van der Waals surface area contributed by atoms with E-state index in [4.69, 9.17) is 9.47 Å². The first kappa shape index (κ1) is 29.4. The van der Waals surface area contributed by atoms with Crippen LogP contribution in [0.2, 0.25) is 0 Å². The minimum atomic E-state index is -0.105. The molecule has 0 unspecified atom stereocenters. The van der Waals surface area contributed by atoms with Gasteiger partial charge in [0.25, 0.3) is 6.71 Å². The van der Waals surface area contributed by atoms with E-state index in [1.165, 1.54) is 0 Å². The Bertz CT molecular complexity index is 2390. The van der Waals surface area contributed by atoms with Crippen LogP contribution in [-0.4, -0.2) is 6.71 Å². The van der Waals surface area contributed by atoms with Crippen LogP contribution in [0.25, 0.3) is 55.6 Å². The van der Waals surface area contributed by atoms with Crippen molar-refractivity contribution in [2.24, 2.45) is 0 Å². The van der Waals surface area contributed by atoms with Gasteiger partial charge >= 0.3 is 0 Å². The molecular formula is C48H31BO2. The van der Waals surface area contributed by atoms with Crippen LogP contribution in [0.5, 0.6) is 23.0 Å². The maximum atomic E-state index is 7.25. The zero-order valence-electron chi connectivity index (χ0n) is 27.8. The van der Waals surface area contributed by atoms with Crippen LogP contribution in [0.15, 0.2) is 188 Å². The molecule has 3 heteroatoms. The molecule has 0 bridgehead atoms. The number of fused-ring (bicyclic) bond motifs is 4. The Hall–Kier alpha value is -6.58. The van der Waals surface area contributed by atoms with Crippen molar-refractivity contribution in [2.75, 3.05) is 0 Å². The first-order valence-corrected chi connectivity index (χ1v) is 17.5. The molecule has 8 aromatic rings. The quantitative estimate of drug-likeness (QED) is 0.173.